The molecule has 1 fully saturated rings. The average molecular weight is 226 g/mol. The van der Waals surface area contributed by atoms with Crippen molar-refractivity contribution in [2.45, 2.75) is 58.4 Å². The van der Waals surface area contributed by atoms with Crippen LogP contribution in [0.15, 0.2) is 0 Å². The first-order valence-corrected chi connectivity index (χ1v) is 6.53. The Kier molecular flexibility index (Phi) is 4.78. The molecule has 2 unspecified atom stereocenters. The summed E-state index contributed by atoms with van der Waals surface area (Å²) < 4.78 is 0. The first-order valence-electron chi connectivity index (χ1n) is 6.53. The molecule has 0 spiro atoms. The topological polar surface area (TPSA) is 46.3 Å². The number of rotatable bonds is 5. The fraction of sp³-hybridized carbons (Fsp3) is 0.923. The third-order valence-electron chi connectivity index (χ3n) is 3.96. The van der Waals surface area contributed by atoms with Crippen LogP contribution in [-0.2, 0) is 4.79 Å². The molecule has 0 aliphatic heterocycles. The van der Waals surface area contributed by atoms with Crippen LogP contribution in [0.3, 0.4) is 0 Å². The second-order valence-electron chi connectivity index (χ2n) is 5.35. The number of nitrogens with two attached hydrogens (primary N) is 1. The lowest BCUT2D eigenvalue weighted by atomic mass is 9.83. The molecule has 0 heterocycles. The van der Waals surface area contributed by atoms with E-state index in [-0.39, 0.29) is 17.4 Å². The van der Waals surface area contributed by atoms with E-state index in [1.54, 1.807) is 0 Å². The second-order valence-corrected chi connectivity index (χ2v) is 5.35. The maximum Gasteiger partial charge on any atom is 0.229 e. The van der Waals surface area contributed by atoms with Gasteiger partial charge in [0.2, 0.25) is 5.91 Å². The minimum Gasteiger partial charge on any atom is -0.345 e. The number of nitrogens with zero attached hydrogens (tertiary/aromatic N) is 1. The molecule has 1 amide bonds. The summed E-state index contributed by atoms with van der Waals surface area (Å²) in [7, 11) is 1.91. The van der Waals surface area contributed by atoms with Crippen molar-refractivity contribution in [3.05, 3.63) is 0 Å². The second kappa shape index (κ2) is 5.67. The summed E-state index contributed by atoms with van der Waals surface area (Å²) in [4.78, 5) is 14.2. The van der Waals surface area contributed by atoms with Crippen LogP contribution in [0, 0.1) is 5.41 Å². The molecule has 1 aliphatic rings. The zero-order valence-corrected chi connectivity index (χ0v) is 11.0. The Morgan fingerprint density at radius 2 is 2.19 bits per heavy atom. The summed E-state index contributed by atoms with van der Waals surface area (Å²) in [5, 5.41) is 0. The first kappa shape index (κ1) is 13.5. The Bertz CT molecular complexity index is 242. The summed E-state index contributed by atoms with van der Waals surface area (Å²) in [6.45, 7) is 5.08. The molecule has 0 aromatic carbocycles. The van der Waals surface area contributed by atoms with Gasteiger partial charge in [0.25, 0.3) is 0 Å². The number of hydrogen-bond acceptors (Lipinski definition) is 2. The van der Waals surface area contributed by atoms with Gasteiger partial charge in [-0.05, 0) is 26.2 Å². The van der Waals surface area contributed by atoms with E-state index in [9.17, 15) is 4.79 Å². The maximum absolute atomic E-state index is 12.3. The van der Waals surface area contributed by atoms with E-state index in [2.05, 4.69) is 6.92 Å². The van der Waals surface area contributed by atoms with Crippen LogP contribution in [-0.4, -0.2) is 30.4 Å². The fourth-order valence-corrected chi connectivity index (χ4v) is 2.60. The normalized spacial score (nSPS) is 29.4. The fourth-order valence-electron chi connectivity index (χ4n) is 2.60. The molecule has 0 saturated heterocycles. The highest BCUT2D eigenvalue weighted by molar-refractivity contribution is 5.83. The van der Waals surface area contributed by atoms with Crippen LogP contribution in [0.1, 0.15) is 52.4 Å². The molecule has 1 rings (SSSR count). The molecule has 0 aromatic heterocycles. The molecule has 16 heavy (non-hydrogen) atoms. The molecule has 0 bridgehead atoms. The van der Waals surface area contributed by atoms with Crippen molar-refractivity contribution < 1.29 is 4.79 Å². The summed E-state index contributed by atoms with van der Waals surface area (Å²) in [5.74, 6) is 0.244. The van der Waals surface area contributed by atoms with Gasteiger partial charge in [-0.2, -0.15) is 0 Å². The van der Waals surface area contributed by atoms with Gasteiger partial charge in [-0.25, -0.2) is 0 Å². The molecule has 0 radical (unpaired) electrons. The van der Waals surface area contributed by atoms with Gasteiger partial charge in [-0.3, -0.25) is 4.79 Å². The highest BCUT2D eigenvalue weighted by atomic mass is 16.2. The van der Waals surface area contributed by atoms with Gasteiger partial charge in [0.15, 0.2) is 0 Å². The zero-order valence-electron chi connectivity index (χ0n) is 11.0. The Morgan fingerprint density at radius 1 is 1.50 bits per heavy atom. The van der Waals surface area contributed by atoms with E-state index >= 15 is 0 Å². The zero-order chi connectivity index (χ0) is 12.2. The Labute approximate surface area is 99.4 Å². The number of unbranched alkanes of at least 4 members (excludes halogenated alkanes) is 2. The Morgan fingerprint density at radius 3 is 2.69 bits per heavy atom. The summed E-state index contributed by atoms with van der Waals surface area (Å²) in [6, 6.07) is 0.0497. The average Bonchev–Trinajstić information content (AvgIpc) is 2.59. The van der Waals surface area contributed by atoms with E-state index in [4.69, 9.17) is 5.73 Å². The number of carbonyl (C=O) groups excluding carboxylic acids is 1. The quantitative estimate of drug-likeness (QED) is 0.730. The van der Waals surface area contributed by atoms with Crippen molar-refractivity contribution in [1.82, 2.24) is 4.90 Å². The Hall–Kier alpha value is -0.570. The molecule has 1 saturated carbocycles. The molecular formula is C13H26N2O. The SMILES string of the molecule is CCCCCN(C)C(=O)C1(C)CCCC1N. The van der Waals surface area contributed by atoms with Gasteiger partial charge in [0, 0.05) is 19.6 Å². The van der Waals surface area contributed by atoms with Crippen LogP contribution < -0.4 is 5.73 Å². The minimum absolute atomic E-state index is 0.0497. The van der Waals surface area contributed by atoms with Crippen LogP contribution in [0.5, 0.6) is 0 Å². The predicted molar refractivity (Wildman–Crippen MR) is 67.1 cm³/mol. The summed E-state index contributed by atoms with van der Waals surface area (Å²) in [5.41, 5.74) is 5.75. The van der Waals surface area contributed by atoms with Crippen LogP contribution in [0.25, 0.3) is 0 Å². The number of carbonyl (C=O) groups is 1. The molecule has 3 heteroatoms. The molecule has 2 N–H and O–H groups in total. The van der Waals surface area contributed by atoms with Gasteiger partial charge in [-0.1, -0.05) is 26.2 Å². The minimum atomic E-state index is -0.305. The molecule has 3 nitrogen and oxygen atoms in total. The van der Waals surface area contributed by atoms with E-state index in [0.29, 0.717) is 0 Å². The van der Waals surface area contributed by atoms with Crippen molar-refractivity contribution in [2.24, 2.45) is 11.1 Å². The van der Waals surface area contributed by atoms with E-state index in [0.717, 1.165) is 32.2 Å². The largest absolute Gasteiger partial charge is 0.345 e. The lowest BCUT2D eigenvalue weighted by Gasteiger charge is -2.32. The van der Waals surface area contributed by atoms with E-state index in [1.807, 2.05) is 18.9 Å². The summed E-state index contributed by atoms with van der Waals surface area (Å²) in [6.07, 6.45) is 6.52. The monoisotopic (exact) mass is 226 g/mol. The molecule has 2 atom stereocenters. The number of amides is 1. The van der Waals surface area contributed by atoms with Crippen molar-refractivity contribution in [1.29, 1.82) is 0 Å². The molecule has 0 aromatic rings. The van der Waals surface area contributed by atoms with Crippen molar-refractivity contribution in [3.63, 3.8) is 0 Å². The standard InChI is InChI=1S/C13H26N2O/c1-4-5-6-10-15(3)12(16)13(2)9-7-8-11(13)14/h11H,4-10,14H2,1-3H3. The summed E-state index contributed by atoms with van der Waals surface area (Å²) >= 11 is 0. The number of hydrogen-bond donors (Lipinski definition) is 1. The highest BCUT2D eigenvalue weighted by Gasteiger charge is 2.44. The predicted octanol–water partition coefficient (Wildman–Crippen LogP) is 2.15. The lowest BCUT2D eigenvalue weighted by Crippen LogP contribution is -2.48. The van der Waals surface area contributed by atoms with Crippen molar-refractivity contribution in [2.75, 3.05) is 13.6 Å². The third kappa shape index (κ3) is 2.76. The van der Waals surface area contributed by atoms with Gasteiger partial charge in [-0.15, -0.1) is 0 Å². The van der Waals surface area contributed by atoms with Crippen LogP contribution in [0.2, 0.25) is 0 Å². The van der Waals surface area contributed by atoms with Gasteiger partial charge in [0.1, 0.15) is 0 Å². The molecular weight excluding hydrogens is 200 g/mol. The van der Waals surface area contributed by atoms with Crippen LogP contribution in [0.4, 0.5) is 0 Å². The first-order chi connectivity index (χ1) is 7.52. The smallest absolute Gasteiger partial charge is 0.229 e. The Balaban J connectivity index is 2.49. The molecule has 1 aliphatic carbocycles. The van der Waals surface area contributed by atoms with E-state index < -0.39 is 0 Å². The lowest BCUT2D eigenvalue weighted by molar-refractivity contribution is -0.140. The van der Waals surface area contributed by atoms with Gasteiger partial charge in [0.05, 0.1) is 5.41 Å². The van der Waals surface area contributed by atoms with Crippen LogP contribution >= 0.6 is 0 Å². The maximum atomic E-state index is 12.3. The highest BCUT2D eigenvalue weighted by Crippen LogP contribution is 2.38. The third-order valence-corrected chi connectivity index (χ3v) is 3.96. The van der Waals surface area contributed by atoms with E-state index in [1.165, 1.54) is 12.8 Å². The molecule has 94 valence electrons. The van der Waals surface area contributed by atoms with Gasteiger partial charge >= 0.3 is 0 Å². The van der Waals surface area contributed by atoms with Gasteiger partial charge < -0.3 is 10.6 Å². The van der Waals surface area contributed by atoms with Crippen molar-refractivity contribution in [3.8, 4) is 0 Å². The van der Waals surface area contributed by atoms with Crippen molar-refractivity contribution >= 4 is 5.91 Å².